The first-order chi connectivity index (χ1) is 13.9. The molecule has 0 saturated heterocycles. The zero-order valence-corrected chi connectivity index (χ0v) is 16.3. The molecule has 0 aliphatic carbocycles. The third-order valence-electron chi connectivity index (χ3n) is 4.34. The lowest BCUT2D eigenvalue weighted by Gasteiger charge is -2.05. The van der Waals surface area contributed by atoms with E-state index in [0.717, 1.165) is 5.69 Å². The van der Waals surface area contributed by atoms with Gasteiger partial charge in [0.1, 0.15) is 11.4 Å². The first-order valence-electron chi connectivity index (χ1n) is 8.60. The maximum absolute atomic E-state index is 11.3. The van der Waals surface area contributed by atoms with Crippen molar-refractivity contribution in [3.05, 3.63) is 70.3 Å². The molecule has 4 rings (SSSR count). The second-order valence-corrected chi connectivity index (χ2v) is 6.82. The Bertz CT molecular complexity index is 1310. The van der Waals surface area contributed by atoms with Gasteiger partial charge in [-0.3, -0.25) is 0 Å². The lowest BCUT2D eigenvalue weighted by Crippen LogP contribution is -2.00. The predicted octanol–water partition coefficient (Wildman–Crippen LogP) is 4.15. The van der Waals surface area contributed by atoms with E-state index in [-0.39, 0.29) is 11.6 Å². The average Bonchev–Trinajstić information content (AvgIpc) is 3.26. The minimum atomic E-state index is -1.01. The lowest BCUT2D eigenvalue weighted by atomic mass is 10.1. The Morgan fingerprint density at radius 1 is 1.28 bits per heavy atom. The minimum absolute atomic E-state index is 0.175. The van der Waals surface area contributed by atoms with E-state index in [4.69, 9.17) is 16.3 Å². The number of aryl methyl sites for hydroxylation is 2. The van der Waals surface area contributed by atoms with Crippen LogP contribution >= 0.6 is 11.6 Å². The van der Waals surface area contributed by atoms with Crippen molar-refractivity contribution in [1.29, 1.82) is 0 Å². The Morgan fingerprint density at radius 3 is 2.83 bits per heavy atom. The standard InChI is InChI=1S/C21H15ClN4O3/c1-12-3-6-15(8-16(12)20(27)28)29-21-24-18-7-13(17(22)9-19(18)25-21)4-5-14-10-23-11-26(14)2/h3,6-11H,1-2H3,(H,24,25)(H,27,28). The number of fused-ring (bicyclic) bond motifs is 1. The first-order valence-corrected chi connectivity index (χ1v) is 8.98. The van der Waals surface area contributed by atoms with E-state index in [9.17, 15) is 9.90 Å². The zero-order chi connectivity index (χ0) is 20.5. The van der Waals surface area contributed by atoms with Gasteiger partial charge in [0.15, 0.2) is 0 Å². The van der Waals surface area contributed by atoms with Gasteiger partial charge in [0.25, 0.3) is 6.01 Å². The molecule has 0 unspecified atom stereocenters. The number of hydrogen-bond acceptors (Lipinski definition) is 4. The molecule has 0 atom stereocenters. The molecule has 2 N–H and O–H groups in total. The molecule has 2 aromatic carbocycles. The SMILES string of the molecule is Cc1ccc(Oc2nc3cc(Cl)c(C#Cc4cncn4C)cc3[nH]2)cc1C(=O)O. The average molecular weight is 407 g/mol. The number of carboxylic acid groups (broad SMARTS) is 1. The number of aromatic nitrogens is 4. The molecule has 0 saturated carbocycles. The van der Waals surface area contributed by atoms with Crippen LogP contribution in [0.2, 0.25) is 5.02 Å². The summed E-state index contributed by atoms with van der Waals surface area (Å²) in [6.07, 6.45) is 3.35. The smallest absolute Gasteiger partial charge is 0.336 e. The number of benzene rings is 2. The minimum Gasteiger partial charge on any atom is -0.478 e. The van der Waals surface area contributed by atoms with Gasteiger partial charge in [-0.25, -0.2) is 9.78 Å². The van der Waals surface area contributed by atoms with Crippen molar-refractivity contribution in [3.8, 4) is 23.6 Å². The van der Waals surface area contributed by atoms with Gasteiger partial charge in [-0.2, -0.15) is 4.98 Å². The summed E-state index contributed by atoms with van der Waals surface area (Å²) in [5.41, 5.74) is 3.54. The monoisotopic (exact) mass is 406 g/mol. The molecule has 0 bridgehead atoms. The van der Waals surface area contributed by atoms with Crippen molar-refractivity contribution >= 4 is 28.6 Å². The quantitative estimate of drug-likeness (QED) is 0.498. The van der Waals surface area contributed by atoms with Crippen LogP contribution in [0, 0.1) is 18.8 Å². The highest BCUT2D eigenvalue weighted by molar-refractivity contribution is 6.32. The highest BCUT2D eigenvalue weighted by Crippen LogP contribution is 2.27. The Morgan fingerprint density at radius 2 is 2.10 bits per heavy atom. The highest BCUT2D eigenvalue weighted by Gasteiger charge is 2.12. The molecule has 0 aliphatic heterocycles. The maximum Gasteiger partial charge on any atom is 0.336 e. The summed E-state index contributed by atoms with van der Waals surface area (Å²) in [6, 6.07) is 8.55. The summed E-state index contributed by atoms with van der Waals surface area (Å²) >= 11 is 6.34. The summed E-state index contributed by atoms with van der Waals surface area (Å²) < 4.78 is 7.52. The van der Waals surface area contributed by atoms with Crippen molar-refractivity contribution in [3.63, 3.8) is 0 Å². The van der Waals surface area contributed by atoms with E-state index in [1.807, 2.05) is 11.6 Å². The van der Waals surface area contributed by atoms with Gasteiger partial charge in [-0.1, -0.05) is 23.6 Å². The van der Waals surface area contributed by atoms with E-state index < -0.39 is 5.97 Å². The maximum atomic E-state index is 11.3. The number of ether oxygens (including phenoxy) is 1. The van der Waals surface area contributed by atoms with Crippen molar-refractivity contribution in [2.75, 3.05) is 0 Å². The van der Waals surface area contributed by atoms with Gasteiger partial charge in [0, 0.05) is 12.6 Å². The van der Waals surface area contributed by atoms with Gasteiger partial charge in [-0.15, -0.1) is 0 Å². The fraction of sp³-hybridized carbons (Fsp3) is 0.0952. The number of aromatic amines is 1. The summed E-state index contributed by atoms with van der Waals surface area (Å²) in [6.45, 7) is 1.73. The van der Waals surface area contributed by atoms with Crippen LogP contribution in [0.1, 0.15) is 27.2 Å². The van der Waals surface area contributed by atoms with Crippen LogP contribution in [0.3, 0.4) is 0 Å². The zero-order valence-electron chi connectivity index (χ0n) is 15.5. The molecule has 0 aliphatic rings. The number of aromatic carboxylic acids is 1. The van der Waals surface area contributed by atoms with Crippen LogP contribution in [0.15, 0.2) is 42.9 Å². The number of imidazole rings is 2. The van der Waals surface area contributed by atoms with E-state index in [2.05, 4.69) is 26.8 Å². The number of carbonyl (C=O) groups is 1. The molecule has 0 amide bonds. The van der Waals surface area contributed by atoms with E-state index in [0.29, 0.717) is 32.9 Å². The molecule has 4 aromatic rings. The van der Waals surface area contributed by atoms with E-state index in [1.165, 1.54) is 6.07 Å². The number of nitrogens with zero attached hydrogens (tertiary/aromatic N) is 3. The normalized spacial score (nSPS) is 10.6. The van der Waals surface area contributed by atoms with Crippen LogP contribution in [0.25, 0.3) is 11.0 Å². The topological polar surface area (TPSA) is 93.0 Å². The number of nitrogens with one attached hydrogen (secondary N) is 1. The molecule has 144 valence electrons. The molecular weight excluding hydrogens is 392 g/mol. The fourth-order valence-electron chi connectivity index (χ4n) is 2.77. The Labute approximate surface area is 170 Å². The van der Waals surface area contributed by atoms with Gasteiger partial charge >= 0.3 is 5.97 Å². The van der Waals surface area contributed by atoms with Gasteiger partial charge in [-0.05, 0) is 42.7 Å². The summed E-state index contributed by atoms with van der Waals surface area (Å²) in [5.74, 6) is 5.42. The molecular formula is C21H15ClN4O3. The molecule has 29 heavy (non-hydrogen) atoms. The van der Waals surface area contributed by atoms with Crippen molar-refractivity contribution in [2.24, 2.45) is 7.05 Å². The Balaban J connectivity index is 1.65. The number of hydrogen-bond donors (Lipinski definition) is 2. The third-order valence-corrected chi connectivity index (χ3v) is 4.66. The van der Waals surface area contributed by atoms with E-state index in [1.54, 1.807) is 43.7 Å². The third kappa shape index (κ3) is 3.79. The van der Waals surface area contributed by atoms with Crippen LogP contribution in [0.5, 0.6) is 11.8 Å². The van der Waals surface area contributed by atoms with Gasteiger partial charge < -0.3 is 19.4 Å². The predicted molar refractivity (Wildman–Crippen MR) is 109 cm³/mol. The fourth-order valence-corrected chi connectivity index (χ4v) is 2.97. The van der Waals surface area contributed by atoms with Gasteiger partial charge in [0.05, 0.1) is 34.1 Å². The molecule has 8 heteroatoms. The molecule has 7 nitrogen and oxygen atoms in total. The number of halogens is 1. The highest BCUT2D eigenvalue weighted by atomic mass is 35.5. The molecule has 2 aromatic heterocycles. The second kappa shape index (κ2) is 7.34. The van der Waals surface area contributed by atoms with Crippen molar-refractivity contribution in [1.82, 2.24) is 19.5 Å². The Hall–Kier alpha value is -3.76. The second-order valence-electron chi connectivity index (χ2n) is 6.41. The Kier molecular flexibility index (Phi) is 4.71. The molecule has 0 spiro atoms. The summed E-state index contributed by atoms with van der Waals surface area (Å²) in [5, 5.41) is 9.72. The molecule has 0 fully saturated rings. The first kappa shape index (κ1) is 18.6. The van der Waals surface area contributed by atoms with Crippen LogP contribution in [0.4, 0.5) is 0 Å². The van der Waals surface area contributed by atoms with Crippen LogP contribution < -0.4 is 4.74 Å². The number of rotatable bonds is 3. The largest absolute Gasteiger partial charge is 0.478 e. The molecule has 2 heterocycles. The summed E-state index contributed by atoms with van der Waals surface area (Å²) in [4.78, 5) is 22.7. The number of carboxylic acids is 1. The molecule has 0 radical (unpaired) electrons. The lowest BCUT2D eigenvalue weighted by molar-refractivity contribution is 0.0695. The van der Waals surface area contributed by atoms with Gasteiger partial charge in [0.2, 0.25) is 0 Å². The van der Waals surface area contributed by atoms with Crippen LogP contribution in [-0.4, -0.2) is 30.6 Å². The van der Waals surface area contributed by atoms with E-state index >= 15 is 0 Å². The van der Waals surface area contributed by atoms with Crippen molar-refractivity contribution in [2.45, 2.75) is 6.92 Å². The van der Waals surface area contributed by atoms with Crippen molar-refractivity contribution < 1.29 is 14.6 Å². The van der Waals surface area contributed by atoms with Crippen LogP contribution in [-0.2, 0) is 7.05 Å². The number of H-pyrrole nitrogens is 1. The summed E-state index contributed by atoms with van der Waals surface area (Å²) in [7, 11) is 1.86.